The van der Waals surface area contributed by atoms with Crippen molar-refractivity contribution in [3.63, 3.8) is 0 Å². The van der Waals surface area contributed by atoms with E-state index in [-0.39, 0.29) is 0 Å². The van der Waals surface area contributed by atoms with Crippen LogP contribution in [0, 0.1) is 0 Å². The van der Waals surface area contributed by atoms with E-state index in [1.54, 1.807) is 25.1 Å². The van der Waals surface area contributed by atoms with E-state index in [0.29, 0.717) is 17.9 Å². The molecule has 0 bridgehead atoms. The highest BCUT2D eigenvalue weighted by molar-refractivity contribution is 5.44. The summed E-state index contributed by atoms with van der Waals surface area (Å²) in [6.07, 6.45) is 0.340. The highest BCUT2D eigenvalue weighted by Gasteiger charge is 2.13. The average Bonchev–Trinajstić information content (AvgIpc) is 2.50. The molecule has 0 aromatic heterocycles. The summed E-state index contributed by atoms with van der Waals surface area (Å²) in [7, 11) is 1.53. The van der Waals surface area contributed by atoms with Crippen molar-refractivity contribution in [2.45, 2.75) is 19.4 Å². The molecule has 1 aromatic rings. The van der Waals surface area contributed by atoms with Gasteiger partial charge in [-0.05, 0) is 38.1 Å². The van der Waals surface area contributed by atoms with Crippen molar-refractivity contribution < 1.29 is 15.0 Å². The first-order valence-electron chi connectivity index (χ1n) is 6.38. The lowest BCUT2D eigenvalue weighted by molar-refractivity contribution is 0.174. The van der Waals surface area contributed by atoms with Crippen molar-refractivity contribution in [3.05, 3.63) is 23.8 Å². The van der Waals surface area contributed by atoms with Crippen LogP contribution in [0.3, 0.4) is 0 Å². The van der Waals surface area contributed by atoms with E-state index < -0.39 is 12.8 Å². The maximum Gasteiger partial charge on any atom is 0.231 e. The fourth-order valence-electron chi connectivity index (χ4n) is 1.31. The fraction of sp³-hybridized carbons (Fsp3) is 0.455. The van der Waals surface area contributed by atoms with Crippen LogP contribution in [0.25, 0.3) is 0 Å². The summed E-state index contributed by atoms with van der Waals surface area (Å²) in [5, 5.41) is 1.08. The molecule has 1 heterocycles. The van der Waals surface area contributed by atoms with Gasteiger partial charge in [0.2, 0.25) is 6.75 Å². The summed E-state index contributed by atoms with van der Waals surface area (Å²) in [4.78, 5) is 0. The van der Waals surface area contributed by atoms with Gasteiger partial charge < -0.3 is 14.8 Å². The first kappa shape index (κ1) is 5.61. The van der Waals surface area contributed by atoms with Crippen molar-refractivity contribution in [2.75, 3.05) is 13.8 Å². The maximum absolute atomic E-state index is 7.99. The Morgan fingerprint density at radius 1 is 1.64 bits per heavy atom. The minimum atomic E-state index is -2.13. The zero-order valence-corrected chi connectivity index (χ0v) is 8.20. The molecule has 0 fully saturated rings. The van der Waals surface area contributed by atoms with Gasteiger partial charge in [-0.3, -0.25) is 0 Å². The van der Waals surface area contributed by atoms with Crippen molar-refractivity contribution in [2.24, 2.45) is 0 Å². The van der Waals surface area contributed by atoms with E-state index >= 15 is 0 Å². The van der Waals surface area contributed by atoms with E-state index in [9.17, 15) is 0 Å². The first-order chi connectivity index (χ1) is 8.20. The highest BCUT2D eigenvalue weighted by Crippen LogP contribution is 2.32. The normalized spacial score (nSPS) is 25.9. The molecule has 1 atom stereocenters. The van der Waals surface area contributed by atoms with Crippen LogP contribution >= 0.6 is 0 Å². The average molecular weight is 197 g/mol. The van der Waals surface area contributed by atoms with Gasteiger partial charge >= 0.3 is 0 Å². The van der Waals surface area contributed by atoms with E-state index in [1.165, 1.54) is 7.05 Å². The Balaban J connectivity index is 2.19. The fourth-order valence-corrected chi connectivity index (χ4v) is 1.31. The Morgan fingerprint density at radius 3 is 3.21 bits per heavy atom. The van der Waals surface area contributed by atoms with Crippen molar-refractivity contribution in [1.82, 2.24) is 5.31 Å². The molecule has 0 spiro atoms. The minimum absolute atomic E-state index is 0.334. The molecule has 1 N–H and O–H groups in total. The summed E-state index contributed by atoms with van der Waals surface area (Å²) in [5.74, 6) is 0.690. The molecule has 1 aromatic carbocycles. The van der Waals surface area contributed by atoms with Crippen molar-refractivity contribution >= 4 is 0 Å². The van der Waals surface area contributed by atoms with Gasteiger partial charge in [-0.15, -0.1) is 0 Å². The predicted molar refractivity (Wildman–Crippen MR) is 54.8 cm³/mol. The van der Waals surface area contributed by atoms with Crippen LogP contribution in [0.2, 0.25) is 1.41 Å². The van der Waals surface area contributed by atoms with Crippen LogP contribution in [-0.2, 0) is 6.42 Å². The van der Waals surface area contributed by atoms with E-state index in [0.717, 1.165) is 10.9 Å². The van der Waals surface area contributed by atoms with Crippen LogP contribution in [0.4, 0.5) is 0 Å². The summed E-state index contributed by atoms with van der Waals surface area (Å²) >= 11 is 0. The number of rotatable bonds is 3. The lowest BCUT2D eigenvalue weighted by Gasteiger charge is -2.09. The summed E-state index contributed by atoms with van der Waals surface area (Å²) in [6, 6.07) is 3.97. The van der Waals surface area contributed by atoms with Gasteiger partial charge in [-0.1, -0.05) is 6.07 Å². The molecular formula is C11H15NO2. The van der Waals surface area contributed by atoms with E-state index in [4.69, 9.17) is 15.0 Å². The molecule has 1 unspecified atom stereocenters. The number of nitrogens with one attached hydrogen (secondary N) is 1. The van der Waals surface area contributed by atoms with Gasteiger partial charge in [0, 0.05) is 7.39 Å². The standard InChI is InChI=1S/C11H15NO2/c1-8(12-2)5-9-3-4-10-11(6-9)14-7-13-10/h3-4,6,8,12H,5,7H2,1-2H3/i7D2,8D/hD. The lowest BCUT2D eigenvalue weighted by atomic mass is 10.1. The molecule has 14 heavy (non-hydrogen) atoms. The van der Waals surface area contributed by atoms with E-state index in [1.807, 2.05) is 0 Å². The summed E-state index contributed by atoms with van der Waals surface area (Å²) in [6.45, 7) is -0.485. The van der Waals surface area contributed by atoms with Gasteiger partial charge in [0.15, 0.2) is 11.5 Å². The minimum Gasteiger partial charge on any atom is -0.454 e. The van der Waals surface area contributed by atoms with Crippen LogP contribution in [0.1, 0.15) is 16.6 Å². The van der Waals surface area contributed by atoms with Crippen LogP contribution in [-0.4, -0.2) is 19.8 Å². The smallest absolute Gasteiger partial charge is 0.231 e. The molecule has 0 amide bonds. The van der Waals surface area contributed by atoms with Gasteiger partial charge in [-0.2, -0.15) is 0 Å². The lowest BCUT2D eigenvalue weighted by Crippen LogP contribution is -2.23. The van der Waals surface area contributed by atoms with Gasteiger partial charge in [0.25, 0.3) is 0 Å². The third-order valence-electron chi connectivity index (χ3n) is 2.15. The zero-order chi connectivity index (χ0) is 13.6. The van der Waals surface area contributed by atoms with Crippen LogP contribution < -0.4 is 14.8 Å². The Kier molecular flexibility index (Phi) is 1.56. The Morgan fingerprint density at radius 2 is 2.43 bits per heavy atom. The topological polar surface area (TPSA) is 30.5 Å². The third kappa shape index (κ3) is 1.82. The molecule has 0 saturated carbocycles. The summed E-state index contributed by atoms with van der Waals surface area (Å²) < 4.78 is 40.1. The third-order valence-corrected chi connectivity index (χ3v) is 2.15. The number of benzene rings is 1. The molecule has 2 rings (SSSR count). The highest BCUT2D eigenvalue weighted by atomic mass is 16.7. The number of likely N-dealkylation sites (N-methyl/N-ethyl adjacent to an activating group) is 1. The zero-order valence-electron chi connectivity index (χ0n) is 12.2. The van der Waals surface area contributed by atoms with Gasteiger partial charge in [0.05, 0.1) is 0 Å². The number of fused-ring (bicyclic) bond motifs is 1. The van der Waals surface area contributed by atoms with Crippen molar-refractivity contribution in [1.29, 1.82) is 0 Å². The maximum atomic E-state index is 7.99. The SMILES string of the molecule is [2H]N(C)C([2H])(C)Cc1ccc2c(c1)OC([2H])([2H])O2. The number of hydrogen-bond acceptors (Lipinski definition) is 3. The Hall–Kier alpha value is -1.22. The van der Waals surface area contributed by atoms with E-state index in [2.05, 4.69) is 0 Å². The molecular weight excluding hydrogens is 178 g/mol. The first-order valence-corrected chi connectivity index (χ1v) is 4.43. The molecule has 1 aliphatic rings. The molecule has 0 aliphatic carbocycles. The second-order valence-electron chi connectivity index (χ2n) is 3.20. The second-order valence-corrected chi connectivity index (χ2v) is 3.20. The van der Waals surface area contributed by atoms with Gasteiger partial charge in [0.1, 0.15) is 4.15 Å². The monoisotopic (exact) mass is 197 g/mol. The van der Waals surface area contributed by atoms with Crippen LogP contribution in [0.15, 0.2) is 18.2 Å². The van der Waals surface area contributed by atoms with Gasteiger partial charge in [-0.25, -0.2) is 0 Å². The largest absolute Gasteiger partial charge is 0.454 e. The molecule has 0 radical (unpaired) electrons. The van der Waals surface area contributed by atoms with Crippen LogP contribution in [0.5, 0.6) is 11.5 Å². The quantitative estimate of drug-likeness (QED) is 0.797. The van der Waals surface area contributed by atoms with Crippen molar-refractivity contribution in [3.8, 4) is 11.5 Å². The molecule has 1 aliphatic heterocycles. The molecule has 76 valence electrons. The number of ether oxygens (including phenoxy) is 2. The summed E-state index contributed by atoms with van der Waals surface area (Å²) in [5.41, 5.74) is 0.798. The Bertz CT molecular complexity index is 462. The molecule has 0 saturated heterocycles. The molecule has 3 nitrogen and oxygen atoms in total. The molecule has 3 heteroatoms. The second kappa shape index (κ2) is 3.88. The Labute approximate surface area is 89.7 Å². The predicted octanol–water partition coefficient (Wildman–Crippen LogP) is 1.57. The number of hydrogen-bond donors (Lipinski definition) is 1.